The molecule has 44 heavy (non-hydrogen) atoms. The fraction of sp³-hybridized carbons (Fsp3) is 0.161. The van der Waals surface area contributed by atoms with E-state index < -0.39 is 23.4 Å². The van der Waals surface area contributed by atoms with Gasteiger partial charge in [-0.05, 0) is 24.6 Å². The second-order valence-corrected chi connectivity index (χ2v) is 11.5. The molecule has 2 aliphatic rings. The summed E-state index contributed by atoms with van der Waals surface area (Å²) in [7, 11) is 0. The minimum Gasteiger partial charge on any atom is -0.506 e. The SMILES string of the molecule is CC.CC.Cc1c(Cl)c(Cl)c2c(c1Cl)C(O)=C(c1ccc3cccc(N4C(=O)c5c(Cl)c(Cl)c(Cl)c(Cl)c5C4=O)c3n1)C2=O. The van der Waals surface area contributed by atoms with Crippen LogP contribution in [0.3, 0.4) is 0 Å². The molecule has 6 rings (SSSR count). The van der Waals surface area contributed by atoms with Crippen LogP contribution in [0, 0.1) is 6.92 Å². The van der Waals surface area contributed by atoms with Crippen LogP contribution in [0.5, 0.6) is 0 Å². The zero-order valence-corrected chi connectivity index (χ0v) is 28.9. The van der Waals surface area contributed by atoms with Crippen molar-refractivity contribution < 1.29 is 19.5 Å². The third kappa shape index (κ3) is 4.96. The molecule has 0 fully saturated rings. The number of hydrogen-bond donors (Lipinski definition) is 1. The van der Waals surface area contributed by atoms with Gasteiger partial charge in [0, 0.05) is 10.9 Å². The zero-order valence-electron chi connectivity index (χ0n) is 23.6. The highest BCUT2D eigenvalue weighted by Gasteiger charge is 2.43. The summed E-state index contributed by atoms with van der Waals surface area (Å²) in [5.74, 6) is -2.66. The molecule has 0 bridgehead atoms. The number of fused-ring (bicyclic) bond motifs is 3. The first-order chi connectivity index (χ1) is 20.9. The number of amides is 2. The van der Waals surface area contributed by atoms with E-state index in [0.717, 1.165) is 4.90 Å². The summed E-state index contributed by atoms with van der Waals surface area (Å²) in [5.41, 5.74) is 0.0879. The van der Waals surface area contributed by atoms with E-state index in [-0.39, 0.29) is 79.9 Å². The zero-order chi connectivity index (χ0) is 32.9. The number of nitrogens with zero attached hydrogens (tertiary/aromatic N) is 2. The van der Waals surface area contributed by atoms with Gasteiger partial charge in [-0.3, -0.25) is 14.4 Å². The van der Waals surface area contributed by atoms with Crippen molar-refractivity contribution in [3.8, 4) is 0 Å². The maximum atomic E-state index is 13.5. The summed E-state index contributed by atoms with van der Waals surface area (Å²) >= 11 is 43.9. The molecule has 13 heteroatoms. The van der Waals surface area contributed by atoms with E-state index >= 15 is 0 Å². The van der Waals surface area contributed by atoms with E-state index in [1.165, 1.54) is 12.1 Å². The number of rotatable bonds is 2. The smallest absolute Gasteiger partial charge is 0.267 e. The number of para-hydroxylation sites is 1. The van der Waals surface area contributed by atoms with E-state index in [4.69, 9.17) is 81.2 Å². The highest BCUT2D eigenvalue weighted by molar-refractivity contribution is 6.57. The molecule has 0 saturated heterocycles. The van der Waals surface area contributed by atoms with Gasteiger partial charge in [0.25, 0.3) is 11.8 Å². The maximum Gasteiger partial charge on any atom is 0.267 e. The Labute approximate surface area is 288 Å². The number of pyridine rings is 1. The van der Waals surface area contributed by atoms with Crippen LogP contribution in [0.4, 0.5) is 5.69 Å². The Balaban J connectivity index is 0.00000106. The number of anilines is 1. The van der Waals surface area contributed by atoms with Crippen molar-refractivity contribution in [1.29, 1.82) is 0 Å². The largest absolute Gasteiger partial charge is 0.506 e. The van der Waals surface area contributed by atoms with Gasteiger partial charge in [0.2, 0.25) is 5.78 Å². The maximum absolute atomic E-state index is 13.5. The van der Waals surface area contributed by atoms with Gasteiger partial charge < -0.3 is 5.11 Å². The molecule has 1 aromatic heterocycles. The fourth-order valence-corrected chi connectivity index (χ4v) is 6.68. The summed E-state index contributed by atoms with van der Waals surface area (Å²) in [5, 5.41) is 11.0. The van der Waals surface area contributed by atoms with Gasteiger partial charge in [0.1, 0.15) is 5.76 Å². The van der Waals surface area contributed by atoms with Crippen molar-refractivity contribution in [3.63, 3.8) is 0 Å². The molecule has 0 atom stereocenters. The fourth-order valence-electron chi connectivity index (χ4n) is 4.83. The van der Waals surface area contributed by atoms with Crippen molar-refractivity contribution >= 4 is 127 Å². The summed E-state index contributed by atoms with van der Waals surface area (Å²) in [6.45, 7) is 9.61. The number of Topliss-reactive ketones (excluding diaryl/α,β-unsaturated/α-hetero) is 1. The Kier molecular flexibility index (Phi) is 10.2. The van der Waals surface area contributed by atoms with Gasteiger partial charge in [-0.25, -0.2) is 9.88 Å². The standard InChI is InChI=1S/C27H9Cl7N2O4.2C2H6/c1-7-16(28)12-13(18(30)17(7)29)25(38)11(24(12)37)9-6-5-8-3-2-4-10(23(8)35-9)36-26(39)14-15(27(36)40)20(32)22(34)21(33)19(14)31;2*1-2/h2-6,37H,1H3;2*1-2H3. The van der Waals surface area contributed by atoms with Gasteiger partial charge in [0.15, 0.2) is 0 Å². The molecule has 228 valence electrons. The van der Waals surface area contributed by atoms with E-state index in [1.807, 2.05) is 27.7 Å². The lowest BCUT2D eigenvalue weighted by atomic mass is 10.0. The normalized spacial score (nSPS) is 13.5. The van der Waals surface area contributed by atoms with Gasteiger partial charge >= 0.3 is 0 Å². The Morgan fingerprint density at radius 1 is 0.636 bits per heavy atom. The molecule has 1 aliphatic heterocycles. The summed E-state index contributed by atoms with van der Waals surface area (Å²) in [6.07, 6.45) is 0. The second-order valence-electron chi connectivity index (χ2n) is 8.87. The Hall–Kier alpha value is -2.55. The molecule has 3 aromatic carbocycles. The number of carbonyl (C=O) groups is 3. The molecule has 1 aliphatic carbocycles. The second kappa shape index (κ2) is 13.1. The lowest BCUT2D eigenvalue weighted by molar-refractivity contribution is 0.0925. The van der Waals surface area contributed by atoms with Crippen LogP contribution >= 0.6 is 81.2 Å². The molecule has 6 nitrogen and oxygen atoms in total. The molecule has 2 heterocycles. The van der Waals surface area contributed by atoms with E-state index in [9.17, 15) is 19.5 Å². The van der Waals surface area contributed by atoms with Crippen molar-refractivity contribution in [2.24, 2.45) is 0 Å². The van der Waals surface area contributed by atoms with Gasteiger partial charge in [0.05, 0.1) is 74.3 Å². The quantitative estimate of drug-likeness (QED) is 0.126. The number of imide groups is 1. The molecular formula is C31H21Cl7N2O4. The Morgan fingerprint density at radius 3 is 1.70 bits per heavy atom. The average Bonchev–Trinajstić information content (AvgIpc) is 3.45. The van der Waals surface area contributed by atoms with Crippen molar-refractivity contribution in [3.05, 3.63) is 99.0 Å². The molecule has 2 amide bonds. The van der Waals surface area contributed by atoms with E-state index in [0.29, 0.717) is 10.9 Å². The predicted molar refractivity (Wildman–Crippen MR) is 182 cm³/mol. The number of hydrogen-bond acceptors (Lipinski definition) is 5. The molecular weight excluding hydrogens is 713 g/mol. The first-order valence-corrected chi connectivity index (χ1v) is 15.8. The van der Waals surface area contributed by atoms with Crippen LogP contribution < -0.4 is 4.90 Å². The molecule has 0 spiro atoms. The van der Waals surface area contributed by atoms with E-state index in [1.54, 1.807) is 25.1 Å². The molecule has 0 radical (unpaired) electrons. The number of allylic oxidation sites excluding steroid dienone is 1. The van der Waals surface area contributed by atoms with Crippen molar-refractivity contribution in [1.82, 2.24) is 4.98 Å². The summed E-state index contributed by atoms with van der Waals surface area (Å²) in [6, 6.07) is 7.92. The topological polar surface area (TPSA) is 87.6 Å². The van der Waals surface area contributed by atoms with Crippen LogP contribution in [0.15, 0.2) is 30.3 Å². The Bertz CT molecular complexity index is 1920. The highest BCUT2D eigenvalue weighted by atomic mass is 35.5. The Morgan fingerprint density at radius 2 is 1.16 bits per heavy atom. The lowest BCUT2D eigenvalue weighted by Gasteiger charge is -2.16. The van der Waals surface area contributed by atoms with Gasteiger partial charge in [-0.2, -0.15) is 0 Å². The number of ketones is 1. The van der Waals surface area contributed by atoms with Crippen LogP contribution in [0.1, 0.15) is 75.6 Å². The average molecular weight is 734 g/mol. The molecule has 4 aromatic rings. The minimum absolute atomic E-state index is 0.0401. The number of aromatic nitrogens is 1. The number of halogens is 7. The highest BCUT2D eigenvalue weighted by Crippen LogP contribution is 2.49. The monoisotopic (exact) mass is 730 g/mol. The first-order valence-electron chi connectivity index (χ1n) is 13.2. The lowest BCUT2D eigenvalue weighted by Crippen LogP contribution is -2.29. The van der Waals surface area contributed by atoms with Crippen LogP contribution in [-0.4, -0.2) is 27.7 Å². The van der Waals surface area contributed by atoms with Crippen LogP contribution in [0.2, 0.25) is 35.2 Å². The van der Waals surface area contributed by atoms with Crippen LogP contribution in [-0.2, 0) is 0 Å². The first kappa shape index (κ1) is 34.3. The number of aliphatic hydroxyl groups is 1. The molecule has 1 N–H and O–H groups in total. The third-order valence-electron chi connectivity index (χ3n) is 6.76. The molecule has 0 saturated carbocycles. The van der Waals surface area contributed by atoms with Gasteiger partial charge in [-0.15, -0.1) is 0 Å². The number of aliphatic hydroxyl groups excluding tert-OH is 1. The predicted octanol–water partition coefficient (Wildman–Crippen LogP) is 11.6. The number of carbonyl (C=O) groups excluding carboxylic acids is 3. The minimum atomic E-state index is -0.791. The number of benzene rings is 3. The van der Waals surface area contributed by atoms with Crippen molar-refractivity contribution in [2.75, 3.05) is 4.90 Å². The summed E-state index contributed by atoms with van der Waals surface area (Å²) in [4.78, 5) is 45.9. The van der Waals surface area contributed by atoms with E-state index in [2.05, 4.69) is 4.98 Å². The van der Waals surface area contributed by atoms with Crippen LogP contribution in [0.25, 0.3) is 22.2 Å². The third-order valence-corrected chi connectivity index (χ3v) is 9.99. The van der Waals surface area contributed by atoms with Crippen molar-refractivity contribution in [2.45, 2.75) is 34.6 Å². The molecule has 0 unspecified atom stereocenters. The summed E-state index contributed by atoms with van der Waals surface area (Å²) < 4.78 is 0. The van der Waals surface area contributed by atoms with Gasteiger partial charge in [-0.1, -0.05) is 127 Å².